The second-order valence-electron chi connectivity index (χ2n) is 4.31. The lowest BCUT2D eigenvalue weighted by Crippen LogP contribution is -2.28. The molecule has 0 bridgehead atoms. The monoisotopic (exact) mass is 232 g/mol. The first kappa shape index (κ1) is 10.1. The first-order chi connectivity index (χ1) is 8.24. The fourth-order valence-corrected chi connectivity index (χ4v) is 1.98. The standard InChI is InChI=1S/C12H12N2O3/c15-11(7-3-1-4-7)13-8-5-2-6-9-10(8)14-12(16)17-9/h2,5-7H,1,3-4H2,(H,13,15)(H,14,16). The van der Waals surface area contributed by atoms with Crippen LogP contribution in [0.1, 0.15) is 19.3 Å². The lowest BCUT2D eigenvalue weighted by molar-refractivity contribution is -0.122. The topological polar surface area (TPSA) is 75.1 Å². The van der Waals surface area contributed by atoms with Crippen LogP contribution >= 0.6 is 0 Å². The highest BCUT2D eigenvalue weighted by atomic mass is 16.4. The highest BCUT2D eigenvalue weighted by Gasteiger charge is 2.25. The number of hydrogen-bond acceptors (Lipinski definition) is 3. The molecule has 0 spiro atoms. The summed E-state index contributed by atoms with van der Waals surface area (Å²) >= 11 is 0. The van der Waals surface area contributed by atoms with Crippen LogP contribution in [-0.4, -0.2) is 10.9 Å². The molecule has 1 aliphatic carbocycles. The van der Waals surface area contributed by atoms with E-state index in [1.54, 1.807) is 18.2 Å². The number of para-hydroxylation sites is 1. The van der Waals surface area contributed by atoms with Crippen molar-refractivity contribution >= 4 is 22.7 Å². The van der Waals surface area contributed by atoms with Crippen LogP contribution in [0.2, 0.25) is 0 Å². The second kappa shape index (κ2) is 3.76. The van der Waals surface area contributed by atoms with Gasteiger partial charge < -0.3 is 9.73 Å². The zero-order valence-electron chi connectivity index (χ0n) is 9.16. The van der Waals surface area contributed by atoms with Gasteiger partial charge in [0.15, 0.2) is 5.58 Å². The number of aromatic nitrogens is 1. The van der Waals surface area contributed by atoms with Crippen molar-refractivity contribution in [2.24, 2.45) is 5.92 Å². The van der Waals surface area contributed by atoms with Crippen LogP contribution < -0.4 is 11.1 Å². The predicted octanol–water partition coefficient (Wildman–Crippen LogP) is 1.86. The maximum absolute atomic E-state index is 11.8. The quantitative estimate of drug-likeness (QED) is 0.829. The molecule has 0 saturated heterocycles. The average molecular weight is 232 g/mol. The van der Waals surface area contributed by atoms with Crippen LogP contribution in [0, 0.1) is 5.92 Å². The van der Waals surface area contributed by atoms with Crippen molar-refractivity contribution < 1.29 is 9.21 Å². The molecule has 1 fully saturated rings. The molecule has 1 aliphatic rings. The molecular formula is C12H12N2O3. The Kier molecular flexibility index (Phi) is 2.24. The Morgan fingerprint density at radius 1 is 1.41 bits per heavy atom. The van der Waals surface area contributed by atoms with E-state index in [-0.39, 0.29) is 11.8 Å². The van der Waals surface area contributed by atoms with Gasteiger partial charge in [-0.3, -0.25) is 9.78 Å². The highest BCUT2D eigenvalue weighted by Crippen LogP contribution is 2.28. The van der Waals surface area contributed by atoms with E-state index < -0.39 is 5.76 Å². The second-order valence-corrected chi connectivity index (χ2v) is 4.31. The Morgan fingerprint density at radius 3 is 2.94 bits per heavy atom. The number of rotatable bonds is 2. The minimum Gasteiger partial charge on any atom is -0.408 e. The molecule has 1 saturated carbocycles. The van der Waals surface area contributed by atoms with E-state index in [9.17, 15) is 9.59 Å². The van der Waals surface area contributed by atoms with E-state index in [2.05, 4.69) is 10.3 Å². The molecule has 0 atom stereocenters. The molecule has 1 amide bonds. The third-order valence-corrected chi connectivity index (χ3v) is 3.19. The van der Waals surface area contributed by atoms with Crippen LogP contribution in [-0.2, 0) is 4.79 Å². The molecule has 5 heteroatoms. The van der Waals surface area contributed by atoms with Crippen LogP contribution in [0.4, 0.5) is 5.69 Å². The van der Waals surface area contributed by atoms with Crippen LogP contribution in [0.5, 0.6) is 0 Å². The van der Waals surface area contributed by atoms with Gasteiger partial charge in [-0.1, -0.05) is 12.5 Å². The van der Waals surface area contributed by atoms with Crippen LogP contribution in [0.15, 0.2) is 27.4 Å². The molecule has 3 rings (SSSR count). The first-order valence-corrected chi connectivity index (χ1v) is 5.67. The van der Waals surface area contributed by atoms with E-state index in [1.807, 2.05) is 0 Å². The summed E-state index contributed by atoms with van der Waals surface area (Å²) in [7, 11) is 0. The van der Waals surface area contributed by atoms with Gasteiger partial charge in [0, 0.05) is 5.92 Å². The summed E-state index contributed by atoms with van der Waals surface area (Å²) in [5, 5.41) is 2.83. The van der Waals surface area contributed by atoms with Crippen molar-refractivity contribution in [2.45, 2.75) is 19.3 Å². The maximum Gasteiger partial charge on any atom is 0.417 e. The molecule has 0 aliphatic heterocycles. The van der Waals surface area contributed by atoms with Crippen molar-refractivity contribution in [3.63, 3.8) is 0 Å². The lowest BCUT2D eigenvalue weighted by atomic mass is 9.85. The third-order valence-electron chi connectivity index (χ3n) is 3.19. The molecule has 2 N–H and O–H groups in total. The zero-order valence-corrected chi connectivity index (χ0v) is 9.16. The Balaban J connectivity index is 1.93. The van der Waals surface area contributed by atoms with Crippen LogP contribution in [0.25, 0.3) is 11.1 Å². The molecule has 1 heterocycles. The van der Waals surface area contributed by atoms with E-state index in [1.165, 1.54) is 0 Å². The van der Waals surface area contributed by atoms with Gasteiger partial charge in [0.2, 0.25) is 5.91 Å². The summed E-state index contributed by atoms with van der Waals surface area (Å²) in [6.07, 6.45) is 3.01. The number of benzene rings is 1. The van der Waals surface area contributed by atoms with E-state index in [0.29, 0.717) is 16.8 Å². The summed E-state index contributed by atoms with van der Waals surface area (Å²) in [4.78, 5) is 25.5. The van der Waals surface area contributed by atoms with Gasteiger partial charge in [-0.15, -0.1) is 0 Å². The number of hydrogen-bond donors (Lipinski definition) is 2. The van der Waals surface area contributed by atoms with E-state index in [4.69, 9.17) is 4.42 Å². The van der Waals surface area contributed by atoms with Crippen molar-refractivity contribution in [2.75, 3.05) is 5.32 Å². The summed E-state index contributed by atoms with van der Waals surface area (Å²) in [6.45, 7) is 0. The fraction of sp³-hybridized carbons (Fsp3) is 0.333. The SMILES string of the molecule is O=C(Nc1cccc2oc(=O)[nH]c12)C1CCC1. The summed E-state index contributed by atoms with van der Waals surface area (Å²) in [5.74, 6) is -0.375. The molecular weight excluding hydrogens is 220 g/mol. The number of fused-ring (bicyclic) bond motifs is 1. The fourth-order valence-electron chi connectivity index (χ4n) is 1.98. The van der Waals surface area contributed by atoms with Gasteiger partial charge >= 0.3 is 5.76 Å². The molecule has 0 radical (unpaired) electrons. The number of H-pyrrole nitrogens is 1. The van der Waals surface area contributed by atoms with Gasteiger partial charge in [-0.25, -0.2) is 4.79 Å². The Hall–Kier alpha value is -2.04. The van der Waals surface area contributed by atoms with Gasteiger partial charge in [0.05, 0.1) is 5.69 Å². The number of nitrogens with one attached hydrogen (secondary N) is 2. The van der Waals surface area contributed by atoms with Gasteiger partial charge in [0.1, 0.15) is 5.52 Å². The van der Waals surface area contributed by atoms with Gasteiger partial charge in [-0.05, 0) is 25.0 Å². The maximum atomic E-state index is 11.8. The van der Waals surface area contributed by atoms with Gasteiger partial charge in [0.25, 0.3) is 0 Å². The molecule has 1 aromatic heterocycles. The number of carbonyl (C=O) groups excluding carboxylic acids is 1. The highest BCUT2D eigenvalue weighted by molar-refractivity contribution is 6.00. The summed E-state index contributed by atoms with van der Waals surface area (Å²) in [5.41, 5.74) is 1.61. The largest absolute Gasteiger partial charge is 0.417 e. The van der Waals surface area contributed by atoms with Crippen molar-refractivity contribution in [3.05, 3.63) is 28.7 Å². The normalized spacial score (nSPS) is 15.8. The zero-order chi connectivity index (χ0) is 11.8. The Morgan fingerprint density at radius 2 is 2.24 bits per heavy atom. The number of carbonyl (C=O) groups is 1. The number of amides is 1. The van der Waals surface area contributed by atoms with Crippen LogP contribution in [0.3, 0.4) is 0 Å². The number of aromatic amines is 1. The molecule has 0 unspecified atom stereocenters. The minimum atomic E-state index is -0.509. The number of oxazole rings is 1. The molecule has 17 heavy (non-hydrogen) atoms. The van der Waals surface area contributed by atoms with Crippen molar-refractivity contribution in [3.8, 4) is 0 Å². The van der Waals surface area contributed by atoms with E-state index in [0.717, 1.165) is 19.3 Å². The smallest absolute Gasteiger partial charge is 0.408 e. The summed E-state index contributed by atoms with van der Waals surface area (Å²) in [6, 6.07) is 5.19. The van der Waals surface area contributed by atoms with Crippen molar-refractivity contribution in [1.82, 2.24) is 4.98 Å². The van der Waals surface area contributed by atoms with Crippen molar-refractivity contribution in [1.29, 1.82) is 0 Å². The minimum absolute atomic E-state index is 0.0193. The van der Waals surface area contributed by atoms with E-state index >= 15 is 0 Å². The number of anilines is 1. The molecule has 88 valence electrons. The molecule has 5 nitrogen and oxygen atoms in total. The average Bonchev–Trinajstić information content (AvgIpc) is 2.56. The first-order valence-electron chi connectivity index (χ1n) is 5.67. The summed E-state index contributed by atoms with van der Waals surface area (Å²) < 4.78 is 4.93. The third kappa shape index (κ3) is 1.73. The van der Waals surface area contributed by atoms with Gasteiger partial charge in [-0.2, -0.15) is 0 Å². The predicted molar refractivity (Wildman–Crippen MR) is 62.8 cm³/mol. The Labute approximate surface area is 96.8 Å². The lowest BCUT2D eigenvalue weighted by Gasteiger charge is -2.24. The molecule has 1 aromatic carbocycles. The Bertz CT molecular complexity index is 622. The molecule has 2 aromatic rings.